The Morgan fingerprint density at radius 3 is 2.53 bits per heavy atom. The molecule has 0 bridgehead atoms. The fourth-order valence-corrected chi connectivity index (χ4v) is 5.41. The van der Waals surface area contributed by atoms with Crippen LogP contribution >= 0.6 is 24.0 Å². The Kier molecular flexibility index (Phi) is 6.52. The molecule has 0 unspecified atom stereocenters. The van der Waals surface area contributed by atoms with Gasteiger partial charge in [0, 0.05) is 29.2 Å². The molecule has 0 radical (unpaired) electrons. The molecule has 1 aliphatic heterocycles. The van der Waals surface area contributed by atoms with Gasteiger partial charge in [-0.15, -0.1) is 0 Å². The molecule has 1 aromatic heterocycles. The molecule has 0 atom stereocenters. The van der Waals surface area contributed by atoms with Crippen LogP contribution in [0.1, 0.15) is 17.5 Å². The summed E-state index contributed by atoms with van der Waals surface area (Å²) in [5.74, 6) is 0.852. The molecular formula is C28H24N2O2S2. The number of benzene rings is 3. The first-order chi connectivity index (χ1) is 16.6. The summed E-state index contributed by atoms with van der Waals surface area (Å²) >= 11 is 6.87. The van der Waals surface area contributed by atoms with Crippen molar-refractivity contribution in [3.63, 3.8) is 0 Å². The second-order valence-electron chi connectivity index (χ2n) is 8.12. The lowest BCUT2D eigenvalue weighted by Gasteiger charge is -2.13. The fraction of sp³-hybridized carbons (Fsp3) is 0.143. The van der Waals surface area contributed by atoms with E-state index in [4.69, 9.17) is 17.0 Å². The van der Waals surface area contributed by atoms with Crippen molar-refractivity contribution in [3.8, 4) is 5.75 Å². The van der Waals surface area contributed by atoms with E-state index in [1.165, 1.54) is 11.8 Å². The summed E-state index contributed by atoms with van der Waals surface area (Å²) < 4.78 is 8.76. The molecule has 5 rings (SSSR count). The quantitative estimate of drug-likeness (QED) is 0.164. The highest BCUT2D eigenvalue weighted by Gasteiger charge is 2.33. The van der Waals surface area contributed by atoms with Crippen LogP contribution in [0.4, 0.5) is 5.69 Å². The minimum absolute atomic E-state index is 0.0790. The van der Waals surface area contributed by atoms with Gasteiger partial charge in [-0.25, -0.2) is 0 Å². The van der Waals surface area contributed by atoms with Gasteiger partial charge < -0.3 is 9.30 Å². The molecular weight excluding hydrogens is 460 g/mol. The normalized spacial score (nSPS) is 15.0. The number of aryl methyl sites for hydroxylation is 2. The van der Waals surface area contributed by atoms with Crippen LogP contribution in [-0.2, 0) is 11.3 Å². The van der Waals surface area contributed by atoms with Gasteiger partial charge in [-0.2, -0.15) is 0 Å². The average Bonchev–Trinajstić information content (AvgIpc) is 3.34. The molecule has 0 N–H and O–H groups in total. The van der Waals surface area contributed by atoms with Gasteiger partial charge in [0.15, 0.2) is 4.32 Å². The lowest BCUT2D eigenvalue weighted by Crippen LogP contribution is -2.27. The van der Waals surface area contributed by atoms with Crippen molar-refractivity contribution in [2.45, 2.75) is 19.9 Å². The number of rotatable bonds is 7. The van der Waals surface area contributed by atoms with Gasteiger partial charge in [0.05, 0.1) is 17.2 Å². The highest BCUT2D eigenvalue weighted by atomic mass is 32.2. The van der Waals surface area contributed by atoms with Crippen LogP contribution < -0.4 is 9.64 Å². The van der Waals surface area contributed by atoms with Gasteiger partial charge >= 0.3 is 0 Å². The highest BCUT2D eigenvalue weighted by molar-refractivity contribution is 8.27. The summed E-state index contributed by atoms with van der Waals surface area (Å²) in [7, 11) is 0. The third-order valence-electron chi connectivity index (χ3n) is 5.81. The van der Waals surface area contributed by atoms with Gasteiger partial charge in [0.2, 0.25) is 0 Å². The number of amides is 1. The topological polar surface area (TPSA) is 34.5 Å². The first-order valence-corrected chi connectivity index (χ1v) is 12.4. The minimum atomic E-state index is -0.0790. The van der Waals surface area contributed by atoms with Crippen molar-refractivity contribution in [1.29, 1.82) is 0 Å². The number of carbonyl (C=O) groups excluding carboxylic acids is 1. The van der Waals surface area contributed by atoms with Crippen molar-refractivity contribution in [1.82, 2.24) is 4.57 Å². The molecule has 0 spiro atoms. The number of aromatic nitrogens is 1. The molecule has 3 aromatic carbocycles. The summed E-state index contributed by atoms with van der Waals surface area (Å²) in [4.78, 5) is 15.4. The van der Waals surface area contributed by atoms with Crippen LogP contribution in [0.15, 0.2) is 90.0 Å². The summed E-state index contributed by atoms with van der Waals surface area (Å²) in [5, 5.41) is 1.12. The van der Waals surface area contributed by atoms with E-state index in [1.54, 1.807) is 4.90 Å². The number of hydrogen-bond donors (Lipinski definition) is 0. The van der Waals surface area contributed by atoms with E-state index in [1.807, 2.05) is 66.7 Å². The Balaban J connectivity index is 1.35. The zero-order chi connectivity index (χ0) is 23.5. The molecule has 170 valence electrons. The standard InChI is InChI=1S/C28H24N2O2S2/c1-20-10-5-8-15-25(20)32-17-9-16-29-19-21(23-13-6-7-14-24(23)29)18-26-27(31)30(28(33)34-26)22-11-3-2-4-12-22/h2-8,10-15,18-19H,9,16-17H2,1H3/b26-18-. The average molecular weight is 485 g/mol. The van der Waals surface area contributed by atoms with E-state index >= 15 is 0 Å². The van der Waals surface area contributed by atoms with Crippen LogP contribution in [0.2, 0.25) is 0 Å². The maximum atomic E-state index is 13.2. The smallest absolute Gasteiger partial charge is 0.270 e. The Hall–Kier alpha value is -3.35. The lowest BCUT2D eigenvalue weighted by molar-refractivity contribution is -0.113. The maximum absolute atomic E-state index is 13.2. The van der Waals surface area contributed by atoms with Gasteiger partial charge in [-0.1, -0.05) is 78.6 Å². The van der Waals surface area contributed by atoms with E-state index in [0.717, 1.165) is 46.4 Å². The second kappa shape index (κ2) is 9.87. The largest absolute Gasteiger partial charge is 0.493 e. The predicted octanol–water partition coefficient (Wildman–Crippen LogP) is 6.82. The van der Waals surface area contributed by atoms with Crippen LogP contribution in [0.25, 0.3) is 17.0 Å². The van der Waals surface area contributed by atoms with Crippen molar-refractivity contribution < 1.29 is 9.53 Å². The monoisotopic (exact) mass is 484 g/mol. The zero-order valence-electron chi connectivity index (χ0n) is 18.8. The number of para-hydroxylation sites is 3. The molecule has 1 amide bonds. The van der Waals surface area contributed by atoms with E-state index < -0.39 is 0 Å². The summed E-state index contributed by atoms with van der Waals surface area (Å²) in [6.45, 7) is 3.52. The minimum Gasteiger partial charge on any atom is -0.493 e. The number of thioether (sulfide) groups is 1. The number of nitrogens with zero attached hydrogens (tertiary/aromatic N) is 2. The summed E-state index contributed by atoms with van der Waals surface area (Å²) in [6, 6.07) is 25.9. The molecule has 1 fully saturated rings. The molecule has 0 aliphatic carbocycles. The Bertz CT molecular complexity index is 1390. The molecule has 4 nitrogen and oxygen atoms in total. The molecule has 1 saturated heterocycles. The van der Waals surface area contributed by atoms with Crippen LogP contribution in [0, 0.1) is 6.92 Å². The van der Waals surface area contributed by atoms with Crippen molar-refractivity contribution >= 4 is 56.9 Å². The molecule has 1 aliphatic rings. The van der Waals surface area contributed by atoms with E-state index in [9.17, 15) is 4.79 Å². The molecule has 34 heavy (non-hydrogen) atoms. The third-order valence-corrected chi connectivity index (χ3v) is 7.11. The van der Waals surface area contributed by atoms with Crippen molar-refractivity contribution in [2.75, 3.05) is 11.5 Å². The van der Waals surface area contributed by atoms with Crippen LogP contribution in [-0.4, -0.2) is 21.4 Å². The molecule has 4 aromatic rings. The van der Waals surface area contributed by atoms with Gasteiger partial charge in [0.25, 0.3) is 5.91 Å². The molecule has 2 heterocycles. The lowest BCUT2D eigenvalue weighted by atomic mass is 10.1. The van der Waals surface area contributed by atoms with Crippen LogP contribution in [0.3, 0.4) is 0 Å². The van der Waals surface area contributed by atoms with Gasteiger partial charge in [-0.3, -0.25) is 9.69 Å². The molecule has 0 saturated carbocycles. The number of ether oxygens (including phenoxy) is 1. The first-order valence-electron chi connectivity index (χ1n) is 11.2. The molecule has 6 heteroatoms. The Morgan fingerprint density at radius 1 is 0.971 bits per heavy atom. The highest BCUT2D eigenvalue weighted by Crippen LogP contribution is 2.37. The van der Waals surface area contributed by atoms with Crippen molar-refractivity contribution in [3.05, 3.63) is 101 Å². The van der Waals surface area contributed by atoms with E-state index in [0.29, 0.717) is 15.8 Å². The predicted molar refractivity (Wildman–Crippen MR) is 145 cm³/mol. The number of anilines is 1. The van der Waals surface area contributed by atoms with E-state index in [2.05, 4.69) is 35.9 Å². The summed E-state index contributed by atoms with van der Waals surface area (Å²) in [5.41, 5.74) is 4.10. The number of carbonyl (C=O) groups is 1. The number of thiocarbonyl (C=S) groups is 1. The van der Waals surface area contributed by atoms with Gasteiger partial charge in [0.1, 0.15) is 5.75 Å². The second-order valence-corrected chi connectivity index (χ2v) is 9.79. The maximum Gasteiger partial charge on any atom is 0.270 e. The SMILES string of the molecule is Cc1ccccc1OCCCn1cc(/C=C2\SC(=S)N(c3ccccc3)C2=O)c2ccccc21. The number of fused-ring (bicyclic) bond motifs is 1. The van der Waals surface area contributed by atoms with Gasteiger partial charge in [-0.05, 0) is 49.2 Å². The number of hydrogen-bond acceptors (Lipinski definition) is 4. The fourth-order valence-electron chi connectivity index (χ4n) is 4.12. The Morgan fingerprint density at radius 2 is 1.71 bits per heavy atom. The first kappa shape index (κ1) is 22.4. The third kappa shape index (κ3) is 4.52. The van der Waals surface area contributed by atoms with E-state index in [-0.39, 0.29) is 5.91 Å². The van der Waals surface area contributed by atoms with Crippen LogP contribution in [0.5, 0.6) is 5.75 Å². The Labute approximate surface area is 208 Å². The van der Waals surface area contributed by atoms with Crippen molar-refractivity contribution in [2.24, 2.45) is 0 Å². The summed E-state index contributed by atoms with van der Waals surface area (Å²) in [6.07, 6.45) is 4.96. The zero-order valence-corrected chi connectivity index (χ0v) is 20.4.